The smallest absolute Gasteiger partial charge is 0.254 e. The Morgan fingerprint density at radius 2 is 1.91 bits per heavy atom. The number of rotatable bonds is 7. The zero-order valence-electron chi connectivity index (χ0n) is 18.3. The minimum absolute atomic E-state index is 0.00712. The molecule has 0 spiro atoms. The number of unbranched alkanes of at least 4 members (excludes halogenated alkanes) is 1. The first-order chi connectivity index (χ1) is 15.3. The van der Waals surface area contributed by atoms with Crippen molar-refractivity contribution in [3.63, 3.8) is 0 Å². The van der Waals surface area contributed by atoms with Crippen LogP contribution in [0.25, 0.3) is 10.2 Å². The molecule has 1 amide bonds. The Balaban J connectivity index is 1.41. The monoisotopic (exact) mass is 473 g/mol. The fourth-order valence-electron chi connectivity index (χ4n) is 3.60. The summed E-state index contributed by atoms with van der Waals surface area (Å²) in [5.41, 5.74) is 1.43. The molecule has 9 heteroatoms. The van der Waals surface area contributed by atoms with Crippen LogP contribution in [0.4, 0.5) is 5.13 Å². The third kappa shape index (κ3) is 5.05. The quantitative estimate of drug-likeness (QED) is 0.485. The van der Waals surface area contributed by atoms with Crippen LogP contribution in [0.1, 0.15) is 30.1 Å². The molecule has 4 rings (SSSR count). The van der Waals surface area contributed by atoms with Crippen molar-refractivity contribution in [2.24, 2.45) is 0 Å². The minimum Gasteiger partial charge on any atom is -0.494 e. The lowest BCUT2D eigenvalue weighted by molar-refractivity contribution is 0.0746. The van der Waals surface area contributed by atoms with E-state index in [-0.39, 0.29) is 5.91 Å². The molecule has 32 heavy (non-hydrogen) atoms. The minimum atomic E-state index is -3.25. The molecular formula is C23H27N3O4S2. The summed E-state index contributed by atoms with van der Waals surface area (Å²) in [5, 5.41) is 0.851. The summed E-state index contributed by atoms with van der Waals surface area (Å²) in [7, 11) is -3.25. The molecule has 170 valence electrons. The second-order valence-corrected chi connectivity index (χ2v) is 10.9. The number of aromatic nitrogens is 1. The first-order valence-corrected chi connectivity index (χ1v) is 13.4. The largest absolute Gasteiger partial charge is 0.494 e. The number of carbonyl (C=O) groups excluding carboxylic acids is 1. The topological polar surface area (TPSA) is 79.8 Å². The van der Waals surface area contributed by atoms with Crippen LogP contribution < -0.4 is 9.64 Å². The van der Waals surface area contributed by atoms with E-state index in [0.717, 1.165) is 33.9 Å². The number of piperazine rings is 1. The average Bonchev–Trinajstić information content (AvgIpc) is 3.22. The Bertz CT molecular complexity index is 1210. The molecule has 0 aliphatic carbocycles. The summed E-state index contributed by atoms with van der Waals surface area (Å²) in [6, 6.07) is 12.4. The number of sulfone groups is 1. The van der Waals surface area contributed by atoms with Gasteiger partial charge in [-0.3, -0.25) is 4.79 Å². The first-order valence-electron chi connectivity index (χ1n) is 10.7. The predicted molar refractivity (Wildman–Crippen MR) is 128 cm³/mol. The van der Waals surface area contributed by atoms with Crippen molar-refractivity contribution in [1.82, 2.24) is 9.88 Å². The summed E-state index contributed by atoms with van der Waals surface area (Å²) in [6.45, 7) is 5.33. The maximum Gasteiger partial charge on any atom is 0.254 e. The Labute approximate surface area is 192 Å². The van der Waals surface area contributed by atoms with Gasteiger partial charge in [0, 0.05) is 38.0 Å². The van der Waals surface area contributed by atoms with Gasteiger partial charge in [0.1, 0.15) is 5.75 Å². The van der Waals surface area contributed by atoms with Crippen LogP contribution in [-0.2, 0) is 9.84 Å². The van der Waals surface area contributed by atoms with E-state index in [1.807, 2.05) is 29.2 Å². The van der Waals surface area contributed by atoms with E-state index in [9.17, 15) is 13.2 Å². The Kier molecular flexibility index (Phi) is 6.66. The highest BCUT2D eigenvalue weighted by Gasteiger charge is 2.24. The molecule has 1 saturated heterocycles. The van der Waals surface area contributed by atoms with Crippen molar-refractivity contribution in [3.05, 3.63) is 48.0 Å². The van der Waals surface area contributed by atoms with Crippen LogP contribution in [0.2, 0.25) is 0 Å². The van der Waals surface area contributed by atoms with Crippen LogP contribution in [0.15, 0.2) is 47.4 Å². The second-order valence-electron chi connectivity index (χ2n) is 7.91. The number of hydrogen-bond acceptors (Lipinski definition) is 7. The van der Waals surface area contributed by atoms with Gasteiger partial charge < -0.3 is 14.5 Å². The van der Waals surface area contributed by atoms with Crippen molar-refractivity contribution in [2.45, 2.75) is 24.7 Å². The number of hydrogen-bond donors (Lipinski definition) is 0. The molecule has 1 aliphatic rings. The molecule has 1 fully saturated rings. The third-order valence-corrected chi connectivity index (χ3v) is 7.65. The maximum atomic E-state index is 13.0. The van der Waals surface area contributed by atoms with Gasteiger partial charge in [-0.15, -0.1) is 0 Å². The van der Waals surface area contributed by atoms with Crippen molar-refractivity contribution >= 4 is 42.4 Å². The molecule has 0 unspecified atom stereocenters. The fraction of sp³-hybridized carbons (Fsp3) is 0.391. The number of benzene rings is 2. The van der Waals surface area contributed by atoms with Crippen LogP contribution in [0.5, 0.6) is 5.75 Å². The van der Waals surface area contributed by atoms with Gasteiger partial charge in [0.2, 0.25) is 0 Å². The van der Waals surface area contributed by atoms with E-state index >= 15 is 0 Å². The summed E-state index contributed by atoms with van der Waals surface area (Å²) < 4.78 is 30.2. The van der Waals surface area contributed by atoms with E-state index in [1.165, 1.54) is 17.6 Å². The number of carbonyl (C=O) groups is 1. The molecule has 2 aromatic carbocycles. The number of thiazole rings is 1. The Hall–Kier alpha value is -2.65. The van der Waals surface area contributed by atoms with Crippen LogP contribution in [0, 0.1) is 0 Å². The number of ether oxygens (including phenoxy) is 1. The molecule has 0 bridgehead atoms. The lowest BCUT2D eigenvalue weighted by Crippen LogP contribution is -2.48. The van der Waals surface area contributed by atoms with Gasteiger partial charge in [0.25, 0.3) is 5.91 Å². The predicted octanol–water partition coefficient (Wildman–Crippen LogP) is 3.84. The highest BCUT2D eigenvalue weighted by molar-refractivity contribution is 7.90. The second kappa shape index (κ2) is 9.46. The molecule has 7 nitrogen and oxygen atoms in total. The third-order valence-electron chi connectivity index (χ3n) is 5.46. The molecule has 0 radical (unpaired) electrons. The maximum absolute atomic E-state index is 13.0. The fourth-order valence-corrected chi connectivity index (χ4v) is 5.37. The summed E-state index contributed by atoms with van der Waals surface area (Å²) in [4.78, 5) is 22.0. The van der Waals surface area contributed by atoms with Crippen molar-refractivity contribution in [1.29, 1.82) is 0 Å². The van der Waals surface area contributed by atoms with Crippen LogP contribution in [-0.4, -0.2) is 63.3 Å². The lowest BCUT2D eigenvalue weighted by atomic mass is 10.1. The Morgan fingerprint density at radius 3 is 2.62 bits per heavy atom. The van der Waals surface area contributed by atoms with E-state index in [1.54, 1.807) is 18.2 Å². The zero-order valence-corrected chi connectivity index (χ0v) is 19.9. The van der Waals surface area contributed by atoms with Gasteiger partial charge in [0.05, 0.1) is 21.7 Å². The molecule has 1 aliphatic heterocycles. The van der Waals surface area contributed by atoms with Gasteiger partial charge in [0.15, 0.2) is 15.0 Å². The van der Waals surface area contributed by atoms with E-state index in [2.05, 4.69) is 16.8 Å². The van der Waals surface area contributed by atoms with Gasteiger partial charge in [-0.25, -0.2) is 13.4 Å². The molecule has 0 atom stereocenters. The highest BCUT2D eigenvalue weighted by Crippen LogP contribution is 2.31. The normalized spacial score (nSPS) is 14.7. The van der Waals surface area contributed by atoms with Crippen molar-refractivity contribution in [2.75, 3.05) is 43.9 Å². The number of amides is 1. The number of nitrogens with zero attached hydrogens (tertiary/aromatic N) is 3. The summed E-state index contributed by atoms with van der Waals surface area (Å²) >= 11 is 1.48. The van der Waals surface area contributed by atoms with Gasteiger partial charge in [-0.2, -0.15) is 0 Å². The van der Waals surface area contributed by atoms with E-state index in [0.29, 0.717) is 43.2 Å². The standard InChI is InChI=1S/C23H27N3O4S2/c1-3-4-14-30-18-7-5-6-17(15-18)22(27)25-10-12-26(13-11-25)23-24-20-9-8-19(32(2,28)29)16-21(20)31-23/h5-9,15-16H,3-4,10-14H2,1-2H3. The molecule has 0 saturated carbocycles. The molecule has 0 N–H and O–H groups in total. The number of anilines is 1. The Morgan fingerprint density at radius 1 is 1.12 bits per heavy atom. The van der Waals surface area contributed by atoms with Crippen LogP contribution >= 0.6 is 11.3 Å². The first kappa shape index (κ1) is 22.5. The highest BCUT2D eigenvalue weighted by atomic mass is 32.2. The van der Waals surface area contributed by atoms with Crippen LogP contribution in [0.3, 0.4) is 0 Å². The van der Waals surface area contributed by atoms with Crippen molar-refractivity contribution in [3.8, 4) is 5.75 Å². The SMILES string of the molecule is CCCCOc1cccc(C(=O)N2CCN(c3nc4ccc(S(C)(=O)=O)cc4s3)CC2)c1. The van der Waals surface area contributed by atoms with Gasteiger partial charge >= 0.3 is 0 Å². The van der Waals surface area contributed by atoms with E-state index < -0.39 is 9.84 Å². The zero-order chi connectivity index (χ0) is 22.7. The van der Waals surface area contributed by atoms with Gasteiger partial charge in [-0.1, -0.05) is 30.7 Å². The molecule has 2 heterocycles. The molecular weight excluding hydrogens is 446 g/mol. The lowest BCUT2D eigenvalue weighted by Gasteiger charge is -2.34. The number of fused-ring (bicyclic) bond motifs is 1. The van der Waals surface area contributed by atoms with Gasteiger partial charge in [-0.05, 0) is 42.8 Å². The summed E-state index contributed by atoms with van der Waals surface area (Å²) in [6.07, 6.45) is 3.26. The van der Waals surface area contributed by atoms with Crippen molar-refractivity contribution < 1.29 is 17.9 Å². The average molecular weight is 474 g/mol. The molecule has 3 aromatic rings. The van der Waals surface area contributed by atoms with E-state index in [4.69, 9.17) is 4.74 Å². The summed E-state index contributed by atoms with van der Waals surface area (Å²) in [5.74, 6) is 0.735. The molecule has 1 aromatic heterocycles.